The lowest BCUT2D eigenvalue weighted by Crippen LogP contribution is -2.51. The Hall–Kier alpha value is -7.17. The zero-order valence-electron chi connectivity index (χ0n) is 39.5. The molecule has 5 aromatic heterocycles. The average Bonchev–Trinajstić information content (AvgIpc) is 4.19. The number of methoxy groups -OCH3 is 1. The van der Waals surface area contributed by atoms with E-state index in [9.17, 15) is 19.6 Å². The summed E-state index contributed by atoms with van der Waals surface area (Å²) in [6.45, 7) is 6.72. The molecule has 1 unspecified atom stereocenters. The second-order valence-electron chi connectivity index (χ2n) is 19.9. The van der Waals surface area contributed by atoms with Crippen LogP contribution in [0.3, 0.4) is 0 Å². The minimum atomic E-state index is -0.649. The molecule has 5 aliphatic rings. The number of ether oxygens (including phenoxy) is 1. The number of halogens is 2. The first-order valence-corrected chi connectivity index (χ1v) is 24.7. The fourth-order valence-corrected chi connectivity index (χ4v) is 11.9. The number of carbonyl (C=O) groups is 3. The number of anilines is 3. The maximum absolute atomic E-state index is 15.6. The van der Waals surface area contributed by atoms with E-state index in [-0.39, 0.29) is 35.5 Å². The number of piperidine rings is 1. The Morgan fingerprint density at radius 1 is 0.930 bits per heavy atom. The van der Waals surface area contributed by atoms with Crippen LogP contribution in [-0.4, -0.2) is 121 Å². The van der Waals surface area contributed by atoms with Crippen molar-refractivity contribution in [3.8, 4) is 34.3 Å². The van der Waals surface area contributed by atoms with Crippen molar-refractivity contribution in [1.29, 1.82) is 5.26 Å². The summed E-state index contributed by atoms with van der Waals surface area (Å²) >= 11 is 6.27. The largest absolute Gasteiger partial charge is 0.495 e. The molecule has 366 valence electrons. The summed E-state index contributed by atoms with van der Waals surface area (Å²) in [6, 6.07) is 12.8. The lowest BCUT2D eigenvalue weighted by atomic mass is 9.90. The van der Waals surface area contributed by atoms with Crippen LogP contribution in [0.25, 0.3) is 28.0 Å². The third kappa shape index (κ3) is 9.10. The van der Waals surface area contributed by atoms with E-state index >= 15 is 4.39 Å². The number of fused-ring (bicyclic) bond motifs is 2. The Balaban J connectivity index is 0.710. The van der Waals surface area contributed by atoms with Gasteiger partial charge in [0.15, 0.2) is 0 Å². The number of carbonyl (C=O) groups excluding carboxylic acids is 3. The Kier molecular flexibility index (Phi) is 12.3. The maximum Gasteiger partial charge on any atom is 0.271 e. The number of benzene rings is 1. The first-order chi connectivity index (χ1) is 34.4. The van der Waals surface area contributed by atoms with Gasteiger partial charge in [0.2, 0.25) is 11.8 Å². The normalized spacial score (nSPS) is 24.7. The van der Waals surface area contributed by atoms with Crippen LogP contribution in [0.5, 0.6) is 5.75 Å². The van der Waals surface area contributed by atoms with Gasteiger partial charge in [-0.15, -0.1) is 0 Å². The van der Waals surface area contributed by atoms with Crippen LogP contribution in [0, 0.1) is 29.0 Å². The highest BCUT2D eigenvalue weighted by Gasteiger charge is 2.48. The number of nitriles is 1. The van der Waals surface area contributed by atoms with E-state index in [0.717, 1.165) is 81.6 Å². The van der Waals surface area contributed by atoms with Gasteiger partial charge in [0.1, 0.15) is 46.3 Å². The van der Waals surface area contributed by atoms with Crippen molar-refractivity contribution in [1.82, 2.24) is 49.9 Å². The molecule has 5 fully saturated rings. The van der Waals surface area contributed by atoms with Gasteiger partial charge in [0.25, 0.3) is 5.91 Å². The predicted octanol–water partition coefficient (Wildman–Crippen LogP) is 6.28. The third-order valence-electron chi connectivity index (χ3n) is 15.3. The number of hydrogen-bond donors (Lipinski definition) is 3. The van der Waals surface area contributed by atoms with Gasteiger partial charge in [-0.3, -0.25) is 29.3 Å². The number of hydrogen-bond acceptors (Lipinski definition) is 14. The average molecular weight is 982 g/mol. The minimum Gasteiger partial charge on any atom is -0.495 e. The summed E-state index contributed by atoms with van der Waals surface area (Å²) < 4.78 is 25.0. The maximum atomic E-state index is 15.6. The molecule has 3 saturated heterocycles. The zero-order valence-corrected chi connectivity index (χ0v) is 40.3. The summed E-state index contributed by atoms with van der Waals surface area (Å²) in [6.07, 6.45) is 16.9. The summed E-state index contributed by atoms with van der Waals surface area (Å²) in [7, 11) is 1.52. The van der Waals surface area contributed by atoms with Crippen molar-refractivity contribution < 1.29 is 23.5 Å². The fraction of sp³-hybridized carbons (Fsp3) is 0.431. The smallest absolute Gasteiger partial charge is 0.271 e. The van der Waals surface area contributed by atoms with Crippen molar-refractivity contribution >= 4 is 52.0 Å². The van der Waals surface area contributed by atoms with Crippen molar-refractivity contribution in [3.63, 3.8) is 0 Å². The lowest BCUT2D eigenvalue weighted by Gasteiger charge is -2.42. The molecule has 71 heavy (non-hydrogen) atoms. The molecule has 8 heterocycles. The first-order valence-electron chi connectivity index (χ1n) is 24.4. The molecule has 4 atom stereocenters. The number of nitrogens with one attached hydrogen (secondary N) is 3. The van der Waals surface area contributed by atoms with E-state index in [0.29, 0.717) is 82.0 Å². The van der Waals surface area contributed by atoms with Gasteiger partial charge in [-0.05, 0) is 88.0 Å². The highest BCUT2D eigenvalue weighted by molar-refractivity contribution is 6.33. The highest BCUT2D eigenvalue weighted by atomic mass is 35.5. The number of imide groups is 1. The van der Waals surface area contributed by atoms with Crippen LogP contribution in [0.15, 0.2) is 73.6 Å². The number of aromatic nitrogens is 7. The van der Waals surface area contributed by atoms with Crippen LogP contribution in [0.1, 0.15) is 80.4 Å². The van der Waals surface area contributed by atoms with E-state index in [2.05, 4.69) is 64.6 Å². The lowest BCUT2D eigenvalue weighted by molar-refractivity contribution is -0.133. The van der Waals surface area contributed by atoms with E-state index in [1.807, 2.05) is 30.7 Å². The van der Waals surface area contributed by atoms with Crippen molar-refractivity contribution in [2.24, 2.45) is 11.8 Å². The van der Waals surface area contributed by atoms with Crippen LogP contribution in [-0.2, 0) is 9.59 Å². The van der Waals surface area contributed by atoms with Crippen LogP contribution >= 0.6 is 11.6 Å². The first kappa shape index (κ1) is 46.2. The molecular formula is C51H54ClFN14O4. The second kappa shape index (κ2) is 18.9. The van der Waals surface area contributed by atoms with Gasteiger partial charge in [-0.25, -0.2) is 23.9 Å². The fourth-order valence-electron chi connectivity index (χ4n) is 11.7. The zero-order chi connectivity index (χ0) is 49.0. The molecule has 2 saturated carbocycles. The number of pyridine rings is 2. The van der Waals surface area contributed by atoms with Gasteiger partial charge >= 0.3 is 0 Å². The van der Waals surface area contributed by atoms with Crippen LogP contribution < -0.4 is 30.5 Å². The minimum absolute atomic E-state index is 0.217. The van der Waals surface area contributed by atoms with Crippen molar-refractivity contribution in [2.45, 2.75) is 82.0 Å². The van der Waals surface area contributed by atoms with Gasteiger partial charge in [0, 0.05) is 99.1 Å². The Morgan fingerprint density at radius 3 is 2.41 bits per heavy atom. The number of rotatable bonds is 11. The molecule has 3 aliphatic heterocycles. The Morgan fingerprint density at radius 2 is 1.70 bits per heavy atom. The van der Waals surface area contributed by atoms with E-state index in [1.165, 1.54) is 13.2 Å². The topological polar surface area (TPSA) is 204 Å². The quantitative estimate of drug-likeness (QED) is 0.122. The molecule has 0 bridgehead atoms. The molecule has 2 aliphatic carbocycles. The van der Waals surface area contributed by atoms with Crippen molar-refractivity contribution in [3.05, 3.63) is 95.7 Å². The third-order valence-corrected chi connectivity index (χ3v) is 15.6. The monoisotopic (exact) mass is 980 g/mol. The van der Waals surface area contributed by atoms with E-state index in [1.54, 1.807) is 35.1 Å². The number of piperazine rings is 1. The van der Waals surface area contributed by atoms with Crippen molar-refractivity contribution in [2.75, 3.05) is 61.5 Å². The summed E-state index contributed by atoms with van der Waals surface area (Å²) in [4.78, 5) is 58.2. The predicted molar refractivity (Wildman–Crippen MR) is 264 cm³/mol. The summed E-state index contributed by atoms with van der Waals surface area (Å²) in [5, 5.41) is 28.4. The Labute approximate surface area is 414 Å². The van der Waals surface area contributed by atoms with Gasteiger partial charge in [-0.2, -0.15) is 15.5 Å². The van der Waals surface area contributed by atoms with Crippen LogP contribution in [0.4, 0.5) is 21.6 Å². The number of amides is 3. The standard InChI is InChI=1S/C51H54ClFN14O4/c1-51(62-50(70)47-37(52)4-3-13-55-47)20-31-26-65(27-32(31)21-51)44-11-5-30(23-56-44)46-48-33(22-54)24-58-67(48)29-41(60-46)34-25-57-66(28-34)36-8-6-35(7-9-36)63-14-16-64(17-15-63)42-19-43(71-2)40(18-38(42)53)59-39-10-12-45(68)61-49(39)69/h3-5,11,13,18-19,23-25,28-29,31-32,35-36,39,59H,6-10,12,14-17,20-21,26-27H2,1-2H3,(H,62,70)(H,61,68,69)/t31-,32+,35-,36-,39?,51+. The van der Waals surface area contributed by atoms with E-state index < -0.39 is 17.8 Å². The molecule has 0 radical (unpaired) electrons. The van der Waals surface area contributed by atoms with Gasteiger partial charge in [0.05, 0.1) is 59.5 Å². The number of nitrogens with zero attached hydrogens (tertiary/aromatic N) is 11. The molecule has 6 aromatic rings. The van der Waals surface area contributed by atoms with Gasteiger partial charge in [-0.1, -0.05) is 11.6 Å². The molecule has 3 N–H and O–H groups in total. The molecule has 20 heteroatoms. The highest BCUT2D eigenvalue weighted by Crippen LogP contribution is 2.45. The Bertz CT molecular complexity index is 3050. The van der Waals surface area contributed by atoms with Crippen LogP contribution in [0.2, 0.25) is 5.02 Å². The second-order valence-corrected chi connectivity index (χ2v) is 20.3. The molecule has 18 nitrogen and oxygen atoms in total. The summed E-state index contributed by atoms with van der Waals surface area (Å²) in [5.74, 6) is 0.726. The molecule has 11 rings (SSSR count). The summed E-state index contributed by atoms with van der Waals surface area (Å²) in [5.41, 5.74) is 4.70. The molecular weight excluding hydrogens is 927 g/mol. The van der Waals surface area contributed by atoms with Gasteiger partial charge < -0.3 is 25.2 Å². The molecule has 3 amide bonds. The molecule has 1 aromatic carbocycles. The molecule has 0 spiro atoms. The van der Waals surface area contributed by atoms with E-state index in [4.69, 9.17) is 31.4 Å². The SMILES string of the molecule is COc1cc(N2CCN([C@H]3CC[C@H](n4cc(-c5cn6ncc(C#N)c6c(-c6ccc(N7C[C@@H]8C[C@@](C)(NC(=O)c9ncccc9Cl)C[C@@H]8C7)nc6)n5)cn4)CC3)CC2)c(F)cc1NC1CCC(=O)NC1=O.